The van der Waals surface area contributed by atoms with Crippen molar-refractivity contribution in [1.29, 1.82) is 0 Å². The number of carbonyl (C=O) groups excluding carboxylic acids is 1. The van der Waals surface area contributed by atoms with Crippen LogP contribution in [0.15, 0.2) is 36.4 Å². The van der Waals surface area contributed by atoms with E-state index in [0.29, 0.717) is 0 Å². The fourth-order valence-corrected chi connectivity index (χ4v) is 1.27. The van der Waals surface area contributed by atoms with E-state index < -0.39 is 5.60 Å². The molecule has 0 aliphatic heterocycles. The van der Waals surface area contributed by atoms with Crippen molar-refractivity contribution in [2.75, 3.05) is 0 Å². The van der Waals surface area contributed by atoms with Crippen molar-refractivity contribution in [3.8, 4) is 0 Å². The molecular weight excluding hydrogens is 188 g/mol. The number of esters is 1. The number of hydrogen-bond donors (Lipinski definition) is 0. The van der Waals surface area contributed by atoms with E-state index in [1.54, 1.807) is 0 Å². The summed E-state index contributed by atoms with van der Waals surface area (Å²) in [6, 6.07) is 9.91. The number of rotatable bonds is 3. The first-order valence-corrected chi connectivity index (χ1v) is 4.93. The van der Waals surface area contributed by atoms with Crippen molar-refractivity contribution < 1.29 is 9.53 Å². The molecule has 0 amide bonds. The summed E-state index contributed by atoms with van der Waals surface area (Å²) in [4.78, 5) is 10.8. The summed E-state index contributed by atoms with van der Waals surface area (Å²) in [5, 5.41) is 0. The minimum Gasteiger partial charge on any atom is -0.456 e. The number of benzene rings is 1. The summed E-state index contributed by atoms with van der Waals surface area (Å²) in [6.45, 7) is 5.12. The molecule has 80 valence electrons. The molecule has 0 bridgehead atoms. The molecule has 1 rings (SSSR count). The Kier molecular flexibility index (Phi) is 3.67. The molecule has 0 saturated heterocycles. The van der Waals surface area contributed by atoms with E-state index in [2.05, 4.69) is 0 Å². The molecule has 0 aliphatic rings. The van der Waals surface area contributed by atoms with Crippen LogP contribution in [-0.4, -0.2) is 11.6 Å². The Morgan fingerprint density at radius 2 is 1.87 bits per heavy atom. The van der Waals surface area contributed by atoms with Gasteiger partial charge in [0.25, 0.3) is 0 Å². The molecule has 0 saturated carbocycles. The van der Waals surface area contributed by atoms with Crippen LogP contribution in [0, 0.1) is 0 Å². The zero-order valence-corrected chi connectivity index (χ0v) is 9.36. The van der Waals surface area contributed by atoms with Gasteiger partial charge in [0.2, 0.25) is 0 Å². The van der Waals surface area contributed by atoms with E-state index in [-0.39, 0.29) is 5.97 Å². The number of hydrogen-bond acceptors (Lipinski definition) is 2. The van der Waals surface area contributed by atoms with Gasteiger partial charge in [0.15, 0.2) is 0 Å². The second-order valence-corrected chi connectivity index (χ2v) is 3.94. The molecule has 1 aromatic rings. The first-order chi connectivity index (χ1) is 6.99. The van der Waals surface area contributed by atoms with Crippen LogP contribution in [0.1, 0.15) is 26.3 Å². The lowest BCUT2D eigenvalue weighted by atomic mass is 10.1. The molecule has 0 atom stereocenters. The standard InChI is InChI=1S/C13H16O2/c1-11(14)15-13(2,3)10-9-12-7-5-4-6-8-12/h4-10H,1-3H3/b10-9+. The molecule has 2 heteroatoms. The van der Waals surface area contributed by atoms with E-state index in [0.717, 1.165) is 5.56 Å². The molecule has 2 nitrogen and oxygen atoms in total. The largest absolute Gasteiger partial charge is 0.456 e. The quantitative estimate of drug-likeness (QED) is 0.707. The van der Waals surface area contributed by atoms with Gasteiger partial charge in [-0.25, -0.2) is 0 Å². The normalized spacial score (nSPS) is 11.7. The van der Waals surface area contributed by atoms with Gasteiger partial charge in [-0.3, -0.25) is 4.79 Å². The summed E-state index contributed by atoms with van der Waals surface area (Å²) in [7, 11) is 0. The molecule has 0 N–H and O–H groups in total. The van der Waals surface area contributed by atoms with E-state index >= 15 is 0 Å². The second-order valence-electron chi connectivity index (χ2n) is 3.94. The van der Waals surface area contributed by atoms with Crippen molar-refractivity contribution in [3.05, 3.63) is 42.0 Å². The zero-order valence-electron chi connectivity index (χ0n) is 9.36. The Bertz CT molecular complexity index is 350. The van der Waals surface area contributed by atoms with Crippen molar-refractivity contribution >= 4 is 12.0 Å². The lowest BCUT2D eigenvalue weighted by molar-refractivity contribution is -0.149. The minimum absolute atomic E-state index is 0.266. The highest BCUT2D eigenvalue weighted by Gasteiger charge is 2.16. The summed E-state index contributed by atoms with van der Waals surface area (Å²) < 4.78 is 5.13. The number of carbonyl (C=O) groups is 1. The topological polar surface area (TPSA) is 26.3 Å². The maximum absolute atomic E-state index is 10.8. The summed E-state index contributed by atoms with van der Waals surface area (Å²) in [5.41, 5.74) is 0.541. The van der Waals surface area contributed by atoms with Crippen molar-refractivity contribution in [3.63, 3.8) is 0 Å². The smallest absolute Gasteiger partial charge is 0.303 e. The minimum atomic E-state index is -0.554. The molecular formula is C13H16O2. The Labute approximate surface area is 90.6 Å². The second kappa shape index (κ2) is 4.78. The molecule has 0 heterocycles. The van der Waals surface area contributed by atoms with Gasteiger partial charge in [0.05, 0.1) is 0 Å². The molecule has 0 aromatic heterocycles. The van der Waals surface area contributed by atoms with Gasteiger partial charge < -0.3 is 4.74 Å². The maximum Gasteiger partial charge on any atom is 0.303 e. The Hall–Kier alpha value is -1.57. The third-order valence-corrected chi connectivity index (χ3v) is 1.88. The SMILES string of the molecule is CC(=O)OC(C)(C)/C=C/c1ccccc1. The monoisotopic (exact) mass is 204 g/mol. The molecule has 0 radical (unpaired) electrons. The Morgan fingerprint density at radius 3 is 2.40 bits per heavy atom. The van der Waals surface area contributed by atoms with E-state index in [4.69, 9.17) is 4.74 Å². The number of ether oxygens (including phenoxy) is 1. The molecule has 0 spiro atoms. The maximum atomic E-state index is 10.8. The van der Waals surface area contributed by atoms with E-state index in [1.165, 1.54) is 6.92 Å². The van der Waals surface area contributed by atoms with Crippen molar-refractivity contribution in [1.82, 2.24) is 0 Å². The van der Waals surface area contributed by atoms with E-state index in [1.807, 2.05) is 56.3 Å². The molecule has 1 aromatic carbocycles. The predicted molar refractivity (Wildman–Crippen MR) is 61.3 cm³/mol. The van der Waals surface area contributed by atoms with Gasteiger partial charge in [-0.15, -0.1) is 0 Å². The lowest BCUT2D eigenvalue weighted by Crippen LogP contribution is -2.23. The van der Waals surface area contributed by atoms with Crippen LogP contribution in [0.2, 0.25) is 0 Å². The highest BCUT2D eigenvalue weighted by Crippen LogP contribution is 2.13. The summed E-state index contributed by atoms with van der Waals surface area (Å²) >= 11 is 0. The molecule has 0 aliphatic carbocycles. The summed E-state index contributed by atoms with van der Waals surface area (Å²) in [6.07, 6.45) is 3.83. The van der Waals surface area contributed by atoms with Crippen molar-refractivity contribution in [2.24, 2.45) is 0 Å². The Morgan fingerprint density at radius 1 is 1.27 bits per heavy atom. The zero-order chi connectivity index (χ0) is 11.3. The first-order valence-electron chi connectivity index (χ1n) is 4.93. The Balaban J connectivity index is 2.68. The van der Waals surface area contributed by atoms with Gasteiger partial charge in [-0.2, -0.15) is 0 Å². The molecule has 0 fully saturated rings. The van der Waals surface area contributed by atoms with Gasteiger partial charge >= 0.3 is 5.97 Å². The van der Waals surface area contributed by atoms with Gasteiger partial charge in [0.1, 0.15) is 5.60 Å². The van der Waals surface area contributed by atoms with Crippen molar-refractivity contribution in [2.45, 2.75) is 26.4 Å². The predicted octanol–water partition coefficient (Wildman–Crippen LogP) is 3.04. The fourth-order valence-electron chi connectivity index (χ4n) is 1.27. The summed E-state index contributed by atoms with van der Waals surface area (Å²) in [5.74, 6) is -0.266. The highest BCUT2D eigenvalue weighted by atomic mass is 16.6. The molecule has 0 unspecified atom stereocenters. The van der Waals surface area contributed by atoms with Crippen LogP contribution in [0.3, 0.4) is 0 Å². The highest BCUT2D eigenvalue weighted by molar-refractivity contribution is 5.67. The average Bonchev–Trinajstić information content (AvgIpc) is 2.15. The van der Waals surface area contributed by atoms with Crippen LogP contribution in [0.5, 0.6) is 0 Å². The third kappa shape index (κ3) is 4.45. The molecule has 15 heavy (non-hydrogen) atoms. The van der Waals surface area contributed by atoms with Crippen LogP contribution in [-0.2, 0) is 9.53 Å². The van der Waals surface area contributed by atoms with Gasteiger partial charge in [-0.05, 0) is 25.5 Å². The van der Waals surface area contributed by atoms with E-state index in [9.17, 15) is 4.79 Å². The lowest BCUT2D eigenvalue weighted by Gasteiger charge is -2.19. The van der Waals surface area contributed by atoms with Crippen LogP contribution >= 0.6 is 0 Å². The van der Waals surface area contributed by atoms with Crippen LogP contribution in [0.25, 0.3) is 6.08 Å². The third-order valence-electron chi connectivity index (χ3n) is 1.88. The van der Waals surface area contributed by atoms with Gasteiger partial charge in [-0.1, -0.05) is 36.4 Å². The van der Waals surface area contributed by atoms with Crippen LogP contribution < -0.4 is 0 Å². The van der Waals surface area contributed by atoms with Crippen LogP contribution in [0.4, 0.5) is 0 Å². The average molecular weight is 204 g/mol. The van der Waals surface area contributed by atoms with Gasteiger partial charge in [0, 0.05) is 6.92 Å². The fraction of sp³-hybridized carbons (Fsp3) is 0.308. The first kappa shape index (κ1) is 11.5.